The van der Waals surface area contributed by atoms with Gasteiger partial charge in [0.05, 0.1) is 17.2 Å². The van der Waals surface area contributed by atoms with Crippen molar-refractivity contribution in [1.82, 2.24) is 0 Å². The van der Waals surface area contributed by atoms with Crippen molar-refractivity contribution in [3.05, 3.63) is 70.9 Å². The minimum absolute atomic E-state index is 0.135. The summed E-state index contributed by atoms with van der Waals surface area (Å²) in [5.74, 6) is 0.356. The number of carbonyl (C=O) groups is 1. The molecule has 2 aromatic carbocycles. The molecule has 3 rings (SSSR count). The van der Waals surface area contributed by atoms with Gasteiger partial charge in [-0.25, -0.2) is 8.42 Å². The highest BCUT2D eigenvalue weighted by Gasteiger charge is 2.20. The molecule has 29 heavy (non-hydrogen) atoms. The van der Waals surface area contributed by atoms with Crippen molar-refractivity contribution in [2.75, 3.05) is 16.6 Å². The lowest BCUT2D eigenvalue weighted by molar-refractivity contribution is 0.103. The Morgan fingerprint density at radius 2 is 1.76 bits per heavy atom. The standard InChI is InChI=1S/C21H22N2O4S2/c1-2-3-14-27-17-11-9-16(10-12-17)22-21(24)20-19(13-15-28-20)23-29(25,26)18-7-5-4-6-8-18/h4-13,15,23H,2-3,14H2,1H3,(H,22,24). The number of amides is 1. The number of rotatable bonds is 9. The first-order valence-electron chi connectivity index (χ1n) is 9.19. The van der Waals surface area contributed by atoms with Crippen molar-refractivity contribution >= 4 is 38.6 Å². The molecule has 0 aliphatic heterocycles. The third-order valence-corrected chi connectivity index (χ3v) is 6.34. The number of unbranched alkanes of at least 4 members (excludes halogenated alkanes) is 1. The van der Waals surface area contributed by atoms with E-state index >= 15 is 0 Å². The van der Waals surface area contributed by atoms with Gasteiger partial charge >= 0.3 is 0 Å². The summed E-state index contributed by atoms with van der Waals surface area (Å²) in [7, 11) is -3.77. The van der Waals surface area contributed by atoms with Crippen LogP contribution in [0.2, 0.25) is 0 Å². The Kier molecular flexibility index (Phi) is 6.90. The van der Waals surface area contributed by atoms with E-state index < -0.39 is 10.0 Å². The Balaban J connectivity index is 1.68. The van der Waals surface area contributed by atoms with Gasteiger partial charge in [0.1, 0.15) is 10.6 Å². The van der Waals surface area contributed by atoms with Gasteiger partial charge in [-0.2, -0.15) is 0 Å². The number of sulfonamides is 1. The minimum atomic E-state index is -3.77. The number of hydrogen-bond donors (Lipinski definition) is 2. The highest BCUT2D eigenvalue weighted by Crippen LogP contribution is 2.26. The van der Waals surface area contributed by atoms with E-state index in [9.17, 15) is 13.2 Å². The maximum absolute atomic E-state index is 12.6. The first-order valence-corrected chi connectivity index (χ1v) is 11.6. The molecule has 0 bridgehead atoms. The number of hydrogen-bond acceptors (Lipinski definition) is 5. The van der Waals surface area contributed by atoms with E-state index in [1.165, 1.54) is 23.5 Å². The van der Waals surface area contributed by atoms with Gasteiger partial charge in [0.2, 0.25) is 0 Å². The summed E-state index contributed by atoms with van der Waals surface area (Å²) in [6, 6.07) is 16.7. The van der Waals surface area contributed by atoms with Gasteiger partial charge in [0.25, 0.3) is 15.9 Å². The van der Waals surface area contributed by atoms with Crippen LogP contribution in [0.15, 0.2) is 70.9 Å². The summed E-state index contributed by atoms with van der Waals surface area (Å²) in [4.78, 5) is 13.1. The predicted octanol–water partition coefficient (Wildman–Crippen LogP) is 4.98. The highest BCUT2D eigenvalue weighted by molar-refractivity contribution is 7.92. The van der Waals surface area contributed by atoms with Crippen LogP contribution in [0, 0.1) is 0 Å². The Hall–Kier alpha value is -2.84. The summed E-state index contributed by atoms with van der Waals surface area (Å²) < 4.78 is 33.1. The number of carbonyl (C=O) groups excluding carboxylic acids is 1. The van der Waals surface area contributed by atoms with E-state index in [4.69, 9.17) is 4.74 Å². The number of anilines is 2. The van der Waals surface area contributed by atoms with Gasteiger partial charge in [-0.15, -0.1) is 11.3 Å². The van der Waals surface area contributed by atoms with Crippen molar-refractivity contribution in [1.29, 1.82) is 0 Å². The van der Waals surface area contributed by atoms with Gasteiger partial charge in [-0.3, -0.25) is 9.52 Å². The minimum Gasteiger partial charge on any atom is -0.494 e. The number of nitrogens with one attached hydrogen (secondary N) is 2. The summed E-state index contributed by atoms with van der Waals surface area (Å²) in [6.45, 7) is 2.75. The normalized spacial score (nSPS) is 11.1. The zero-order valence-corrected chi connectivity index (χ0v) is 17.6. The molecule has 0 radical (unpaired) electrons. The van der Waals surface area contributed by atoms with Crippen molar-refractivity contribution in [3.63, 3.8) is 0 Å². The van der Waals surface area contributed by atoms with E-state index in [1.54, 1.807) is 53.9 Å². The molecular formula is C21H22N2O4S2. The predicted molar refractivity (Wildman–Crippen MR) is 116 cm³/mol. The molecule has 3 aromatic rings. The van der Waals surface area contributed by atoms with Crippen molar-refractivity contribution in [2.24, 2.45) is 0 Å². The zero-order valence-electron chi connectivity index (χ0n) is 15.9. The van der Waals surface area contributed by atoms with Crippen LogP contribution in [0.5, 0.6) is 5.75 Å². The van der Waals surface area contributed by atoms with Crippen LogP contribution in [-0.2, 0) is 10.0 Å². The van der Waals surface area contributed by atoms with Crippen LogP contribution in [0.25, 0.3) is 0 Å². The summed E-state index contributed by atoms with van der Waals surface area (Å²) in [6.07, 6.45) is 2.05. The number of thiophene rings is 1. The molecule has 1 amide bonds. The highest BCUT2D eigenvalue weighted by atomic mass is 32.2. The molecule has 1 heterocycles. The molecule has 0 spiro atoms. The molecule has 0 aliphatic rings. The second-order valence-corrected chi connectivity index (χ2v) is 8.86. The van der Waals surface area contributed by atoms with E-state index in [-0.39, 0.29) is 21.4 Å². The molecule has 0 atom stereocenters. The van der Waals surface area contributed by atoms with Gasteiger partial charge in [0.15, 0.2) is 0 Å². The van der Waals surface area contributed by atoms with Crippen LogP contribution in [0.1, 0.15) is 29.4 Å². The fraction of sp³-hybridized carbons (Fsp3) is 0.190. The van der Waals surface area contributed by atoms with Crippen molar-refractivity contribution < 1.29 is 17.9 Å². The second kappa shape index (κ2) is 9.58. The average Bonchev–Trinajstić information content (AvgIpc) is 3.18. The average molecular weight is 431 g/mol. The molecule has 1 aromatic heterocycles. The summed E-state index contributed by atoms with van der Waals surface area (Å²) in [5.41, 5.74) is 0.846. The fourth-order valence-corrected chi connectivity index (χ4v) is 4.43. The van der Waals surface area contributed by atoms with Crippen LogP contribution in [0.3, 0.4) is 0 Å². The molecule has 8 heteroatoms. The Labute approximate surface area is 174 Å². The monoisotopic (exact) mass is 430 g/mol. The van der Waals surface area contributed by atoms with Gasteiger partial charge in [-0.05, 0) is 54.3 Å². The molecular weight excluding hydrogens is 408 g/mol. The van der Waals surface area contributed by atoms with Crippen LogP contribution in [-0.4, -0.2) is 20.9 Å². The SMILES string of the molecule is CCCCOc1ccc(NC(=O)c2sccc2NS(=O)(=O)c2ccccc2)cc1. The van der Waals surface area contributed by atoms with E-state index in [0.717, 1.165) is 18.6 Å². The Morgan fingerprint density at radius 3 is 2.45 bits per heavy atom. The van der Waals surface area contributed by atoms with Crippen LogP contribution in [0.4, 0.5) is 11.4 Å². The summed E-state index contributed by atoms with van der Waals surface area (Å²) >= 11 is 1.17. The molecule has 152 valence electrons. The van der Waals surface area contributed by atoms with E-state index in [0.29, 0.717) is 12.3 Å². The largest absolute Gasteiger partial charge is 0.494 e. The van der Waals surface area contributed by atoms with E-state index in [2.05, 4.69) is 17.0 Å². The molecule has 0 unspecified atom stereocenters. The Morgan fingerprint density at radius 1 is 1.03 bits per heavy atom. The van der Waals surface area contributed by atoms with Crippen LogP contribution < -0.4 is 14.8 Å². The van der Waals surface area contributed by atoms with Gasteiger partial charge in [0, 0.05) is 5.69 Å². The molecule has 0 aliphatic carbocycles. The number of ether oxygens (including phenoxy) is 1. The smallest absolute Gasteiger partial charge is 0.267 e. The maximum atomic E-state index is 12.6. The molecule has 0 saturated heterocycles. The number of benzene rings is 2. The zero-order chi connectivity index (χ0) is 20.7. The third kappa shape index (κ3) is 5.58. The fourth-order valence-electron chi connectivity index (χ4n) is 2.53. The Bertz CT molecular complexity index is 1050. The lowest BCUT2D eigenvalue weighted by Crippen LogP contribution is -2.17. The third-order valence-electron chi connectivity index (χ3n) is 4.05. The van der Waals surface area contributed by atoms with Crippen molar-refractivity contribution in [3.8, 4) is 5.75 Å². The molecule has 0 saturated carbocycles. The van der Waals surface area contributed by atoms with Crippen LogP contribution >= 0.6 is 11.3 Å². The van der Waals surface area contributed by atoms with Crippen molar-refractivity contribution in [2.45, 2.75) is 24.7 Å². The first-order chi connectivity index (χ1) is 14.0. The quantitative estimate of drug-likeness (QED) is 0.469. The van der Waals surface area contributed by atoms with Gasteiger partial charge < -0.3 is 10.1 Å². The van der Waals surface area contributed by atoms with E-state index in [1.807, 2.05) is 0 Å². The molecule has 6 nitrogen and oxygen atoms in total. The lowest BCUT2D eigenvalue weighted by Gasteiger charge is -2.10. The maximum Gasteiger partial charge on any atom is 0.267 e. The van der Waals surface area contributed by atoms with Gasteiger partial charge in [-0.1, -0.05) is 31.5 Å². The second-order valence-electron chi connectivity index (χ2n) is 6.26. The topological polar surface area (TPSA) is 84.5 Å². The first kappa shape index (κ1) is 20.9. The molecule has 0 fully saturated rings. The molecule has 2 N–H and O–H groups in total. The summed E-state index contributed by atoms with van der Waals surface area (Å²) in [5, 5.41) is 4.45. The lowest BCUT2D eigenvalue weighted by atomic mass is 10.3.